The number of pyridine rings is 1. The van der Waals surface area contributed by atoms with Gasteiger partial charge in [0.25, 0.3) is 0 Å². The third-order valence-corrected chi connectivity index (χ3v) is 3.88. The second-order valence-corrected chi connectivity index (χ2v) is 5.92. The molecule has 4 aromatic rings. The average Bonchev–Trinajstić information content (AvgIpc) is 2.70. The predicted molar refractivity (Wildman–Crippen MR) is 104 cm³/mol. The molecule has 0 radical (unpaired) electrons. The number of fused-ring (bicyclic) bond motifs is 1. The summed E-state index contributed by atoms with van der Waals surface area (Å²) in [5, 5.41) is 3.54. The van der Waals surface area contributed by atoms with Gasteiger partial charge in [-0.3, -0.25) is 9.78 Å². The van der Waals surface area contributed by atoms with Crippen molar-refractivity contribution >= 4 is 22.5 Å². The molecule has 1 N–H and O–H groups in total. The van der Waals surface area contributed by atoms with Crippen LogP contribution >= 0.6 is 0 Å². The molecule has 0 aliphatic heterocycles. The van der Waals surface area contributed by atoms with Gasteiger partial charge in [-0.2, -0.15) is 4.98 Å². The molecule has 0 aliphatic carbocycles. The van der Waals surface area contributed by atoms with Gasteiger partial charge in [-0.15, -0.1) is 0 Å². The van der Waals surface area contributed by atoms with E-state index < -0.39 is 0 Å². The van der Waals surface area contributed by atoms with Crippen molar-refractivity contribution in [3.8, 4) is 23.0 Å². The number of para-hydroxylation sites is 1. The van der Waals surface area contributed by atoms with Gasteiger partial charge in [0.05, 0.1) is 10.9 Å². The Morgan fingerprint density at radius 2 is 1.78 bits per heavy atom. The number of hydrogen-bond acceptors (Lipinski definition) is 5. The molecule has 1 amide bonds. The molecule has 0 aliphatic rings. The molecule has 6 nitrogen and oxygen atoms in total. The number of carbonyl (C=O) groups is 1. The van der Waals surface area contributed by atoms with E-state index in [0.717, 1.165) is 16.5 Å². The highest BCUT2D eigenvalue weighted by atomic mass is 16.5. The summed E-state index contributed by atoms with van der Waals surface area (Å²) in [6, 6.07) is 18.6. The van der Waals surface area contributed by atoms with E-state index in [1.165, 1.54) is 6.92 Å². The number of nitrogens with one attached hydrogen (secondary N) is 1. The Hall–Kier alpha value is -3.80. The van der Waals surface area contributed by atoms with Gasteiger partial charge in [0, 0.05) is 30.6 Å². The Morgan fingerprint density at radius 3 is 2.52 bits per heavy atom. The Labute approximate surface area is 155 Å². The van der Waals surface area contributed by atoms with Gasteiger partial charge in [0.2, 0.25) is 11.8 Å². The lowest BCUT2D eigenvalue weighted by atomic mass is 10.2. The van der Waals surface area contributed by atoms with Gasteiger partial charge in [-0.05, 0) is 48.5 Å². The molecular formula is C21H16N4O2. The minimum atomic E-state index is -0.119. The van der Waals surface area contributed by atoms with Gasteiger partial charge < -0.3 is 10.1 Å². The maximum Gasteiger partial charge on any atom is 0.230 e. The highest BCUT2D eigenvalue weighted by Gasteiger charge is 2.11. The smallest absolute Gasteiger partial charge is 0.230 e. The quantitative estimate of drug-likeness (QED) is 0.585. The summed E-state index contributed by atoms with van der Waals surface area (Å²) >= 11 is 0. The maximum atomic E-state index is 11.1. The van der Waals surface area contributed by atoms with Gasteiger partial charge in [0.15, 0.2) is 5.82 Å². The summed E-state index contributed by atoms with van der Waals surface area (Å²) in [6.07, 6.45) is 3.43. The predicted octanol–water partition coefficient (Wildman–Crippen LogP) is 4.44. The fourth-order valence-electron chi connectivity index (χ4n) is 2.67. The summed E-state index contributed by atoms with van der Waals surface area (Å²) < 4.78 is 6.03. The lowest BCUT2D eigenvalue weighted by Crippen LogP contribution is -2.05. The number of benzene rings is 2. The van der Waals surface area contributed by atoms with E-state index in [0.29, 0.717) is 23.1 Å². The van der Waals surface area contributed by atoms with E-state index in [2.05, 4.69) is 20.3 Å². The minimum Gasteiger partial charge on any atom is -0.438 e. The Balaban J connectivity index is 1.73. The molecule has 0 atom stereocenters. The lowest BCUT2D eigenvalue weighted by Gasteiger charge is -2.10. The first-order valence-corrected chi connectivity index (χ1v) is 8.42. The molecule has 0 saturated carbocycles. The van der Waals surface area contributed by atoms with Crippen LogP contribution in [0.1, 0.15) is 6.92 Å². The molecule has 0 saturated heterocycles. The highest BCUT2D eigenvalue weighted by molar-refractivity contribution is 5.88. The van der Waals surface area contributed by atoms with Crippen molar-refractivity contribution in [1.29, 1.82) is 0 Å². The van der Waals surface area contributed by atoms with Crippen LogP contribution in [-0.2, 0) is 4.79 Å². The highest BCUT2D eigenvalue weighted by Crippen LogP contribution is 2.30. The first kappa shape index (κ1) is 16.7. The fraction of sp³-hybridized carbons (Fsp3) is 0.0476. The molecule has 132 valence electrons. The molecule has 2 aromatic carbocycles. The summed E-state index contributed by atoms with van der Waals surface area (Å²) in [6.45, 7) is 1.47. The average molecular weight is 356 g/mol. The Kier molecular flexibility index (Phi) is 4.45. The van der Waals surface area contributed by atoms with Crippen LogP contribution in [-0.4, -0.2) is 20.9 Å². The van der Waals surface area contributed by atoms with Gasteiger partial charge in [-0.1, -0.05) is 12.1 Å². The lowest BCUT2D eigenvalue weighted by molar-refractivity contribution is -0.114. The van der Waals surface area contributed by atoms with Crippen LogP contribution in [0.5, 0.6) is 11.6 Å². The van der Waals surface area contributed by atoms with Crippen LogP contribution in [0.2, 0.25) is 0 Å². The number of hydrogen-bond donors (Lipinski definition) is 1. The number of aromatic nitrogens is 3. The van der Waals surface area contributed by atoms with E-state index in [1.54, 1.807) is 36.7 Å². The van der Waals surface area contributed by atoms with E-state index in [-0.39, 0.29) is 5.91 Å². The maximum absolute atomic E-state index is 11.1. The zero-order valence-corrected chi connectivity index (χ0v) is 14.6. The number of anilines is 1. The second-order valence-electron chi connectivity index (χ2n) is 5.92. The fourth-order valence-corrected chi connectivity index (χ4v) is 2.67. The normalized spacial score (nSPS) is 10.6. The first-order chi connectivity index (χ1) is 13.2. The molecule has 4 rings (SSSR count). The van der Waals surface area contributed by atoms with E-state index in [1.807, 2.05) is 36.4 Å². The zero-order chi connectivity index (χ0) is 18.6. The summed E-state index contributed by atoms with van der Waals surface area (Å²) in [7, 11) is 0. The van der Waals surface area contributed by atoms with Crippen LogP contribution < -0.4 is 10.1 Å². The van der Waals surface area contributed by atoms with Crippen LogP contribution in [0.15, 0.2) is 73.1 Å². The van der Waals surface area contributed by atoms with Crippen molar-refractivity contribution in [3.05, 3.63) is 73.1 Å². The number of ether oxygens (including phenoxy) is 1. The van der Waals surface area contributed by atoms with Gasteiger partial charge in [-0.25, -0.2) is 4.98 Å². The molecule has 2 heterocycles. The third-order valence-electron chi connectivity index (χ3n) is 3.88. The van der Waals surface area contributed by atoms with E-state index in [4.69, 9.17) is 4.74 Å². The Morgan fingerprint density at radius 1 is 0.963 bits per heavy atom. The van der Waals surface area contributed by atoms with Crippen molar-refractivity contribution in [2.24, 2.45) is 0 Å². The second kappa shape index (κ2) is 7.21. The number of amides is 1. The SMILES string of the molecule is CC(=O)Nc1ccc(Oc2nc(-c3cccnc3)nc3ccccc23)cc1. The van der Waals surface area contributed by atoms with Crippen molar-refractivity contribution in [3.63, 3.8) is 0 Å². The van der Waals surface area contributed by atoms with E-state index in [9.17, 15) is 4.79 Å². The first-order valence-electron chi connectivity index (χ1n) is 8.42. The summed E-state index contributed by atoms with van der Waals surface area (Å²) in [5.41, 5.74) is 2.31. The van der Waals surface area contributed by atoms with Gasteiger partial charge >= 0.3 is 0 Å². The van der Waals surface area contributed by atoms with Crippen LogP contribution in [0.4, 0.5) is 5.69 Å². The molecule has 2 aromatic heterocycles. The molecule has 0 bridgehead atoms. The molecule has 0 spiro atoms. The van der Waals surface area contributed by atoms with Crippen molar-refractivity contribution in [2.75, 3.05) is 5.32 Å². The summed E-state index contributed by atoms with van der Waals surface area (Å²) in [5.74, 6) is 1.51. The zero-order valence-electron chi connectivity index (χ0n) is 14.6. The van der Waals surface area contributed by atoms with Crippen molar-refractivity contribution in [1.82, 2.24) is 15.0 Å². The van der Waals surface area contributed by atoms with Crippen LogP contribution in [0, 0.1) is 0 Å². The van der Waals surface area contributed by atoms with Crippen molar-refractivity contribution in [2.45, 2.75) is 6.92 Å². The largest absolute Gasteiger partial charge is 0.438 e. The number of rotatable bonds is 4. The Bertz CT molecular complexity index is 1100. The van der Waals surface area contributed by atoms with Crippen LogP contribution in [0.25, 0.3) is 22.3 Å². The molecule has 0 unspecified atom stereocenters. The van der Waals surface area contributed by atoms with Crippen LogP contribution in [0.3, 0.4) is 0 Å². The third kappa shape index (κ3) is 3.74. The molecule has 0 fully saturated rings. The standard InChI is InChI=1S/C21H16N4O2/c1-14(26)23-16-8-10-17(11-9-16)27-21-18-6-2-3-7-19(18)24-20(25-21)15-5-4-12-22-13-15/h2-13H,1H3,(H,23,26). The topological polar surface area (TPSA) is 77.0 Å². The molecular weight excluding hydrogens is 340 g/mol. The monoisotopic (exact) mass is 356 g/mol. The number of carbonyl (C=O) groups excluding carboxylic acids is 1. The molecule has 27 heavy (non-hydrogen) atoms. The summed E-state index contributed by atoms with van der Waals surface area (Å²) in [4.78, 5) is 24.5. The van der Waals surface area contributed by atoms with Crippen molar-refractivity contribution < 1.29 is 9.53 Å². The minimum absolute atomic E-state index is 0.119. The van der Waals surface area contributed by atoms with Gasteiger partial charge in [0.1, 0.15) is 5.75 Å². The van der Waals surface area contributed by atoms with E-state index >= 15 is 0 Å². The number of nitrogens with zero attached hydrogens (tertiary/aromatic N) is 3. The molecule has 6 heteroatoms.